The Labute approximate surface area is 182 Å². The summed E-state index contributed by atoms with van der Waals surface area (Å²) in [5.41, 5.74) is 4.19. The number of carbonyl (C=O) groups excluding carboxylic acids is 1. The van der Waals surface area contributed by atoms with Gasteiger partial charge in [-0.25, -0.2) is 4.98 Å². The summed E-state index contributed by atoms with van der Waals surface area (Å²) >= 11 is 1.58. The van der Waals surface area contributed by atoms with E-state index >= 15 is 0 Å². The Morgan fingerprint density at radius 1 is 1.17 bits per heavy atom. The number of imidazole rings is 1. The van der Waals surface area contributed by atoms with Crippen LogP contribution in [0, 0.1) is 0 Å². The predicted molar refractivity (Wildman–Crippen MR) is 121 cm³/mol. The molecule has 2 aromatic heterocycles. The smallest absolute Gasteiger partial charge is 0.254 e. The third-order valence-electron chi connectivity index (χ3n) is 6.62. The van der Waals surface area contributed by atoms with Crippen LogP contribution < -0.4 is 0 Å². The number of hydrogen-bond donors (Lipinski definition) is 0. The van der Waals surface area contributed by atoms with Crippen molar-refractivity contribution in [3.63, 3.8) is 0 Å². The first-order valence-corrected chi connectivity index (χ1v) is 11.7. The summed E-state index contributed by atoms with van der Waals surface area (Å²) in [6, 6.07) is 12.8. The molecular formula is C24H28N4OS. The van der Waals surface area contributed by atoms with Crippen molar-refractivity contribution in [2.24, 2.45) is 0 Å². The molecule has 5 nitrogen and oxygen atoms in total. The normalized spacial score (nSPS) is 21.9. The van der Waals surface area contributed by atoms with E-state index < -0.39 is 0 Å². The highest BCUT2D eigenvalue weighted by Crippen LogP contribution is 2.39. The summed E-state index contributed by atoms with van der Waals surface area (Å²) in [7, 11) is 0. The van der Waals surface area contributed by atoms with Gasteiger partial charge in [0.25, 0.3) is 5.91 Å². The van der Waals surface area contributed by atoms with Crippen LogP contribution in [0.25, 0.3) is 11.3 Å². The van der Waals surface area contributed by atoms with E-state index in [2.05, 4.69) is 52.5 Å². The quantitative estimate of drug-likeness (QED) is 0.628. The molecule has 6 heteroatoms. The van der Waals surface area contributed by atoms with Crippen LogP contribution in [0.4, 0.5) is 0 Å². The van der Waals surface area contributed by atoms with Crippen molar-refractivity contribution in [3.05, 3.63) is 64.7 Å². The maximum absolute atomic E-state index is 13.1. The van der Waals surface area contributed by atoms with Crippen molar-refractivity contribution in [2.75, 3.05) is 19.6 Å². The highest BCUT2D eigenvalue weighted by atomic mass is 32.1. The van der Waals surface area contributed by atoms with Crippen LogP contribution in [-0.4, -0.2) is 50.9 Å². The van der Waals surface area contributed by atoms with Crippen molar-refractivity contribution in [1.29, 1.82) is 0 Å². The summed E-state index contributed by atoms with van der Waals surface area (Å²) in [4.78, 5) is 22.6. The number of benzene rings is 1. The van der Waals surface area contributed by atoms with E-state index in [9.17, 15) is 4.79 Å². The van der Waals surface area contributed by atoms with Crippen LogP contribution in [0.2, 0.25) is 0 Å². The van der Waals surface area contributed by atoms with Crippen LogP contribution in [0.5, 0.6) is 0 Å². The number of carbonyl (C=O) groups is 1. The van der Waals surface area contributed by atoms with Crippen molar-refractivity contribution in [1.82, 2.24) is 19.4 Å². The maximum atomic E-state index is 13.1. The van der Waals surface area contributed by atoms with Gasteiger partial charge in [-0.3, -0.25) is 9.69 Å². The minimum absolute atomic E-state index is 0.123. The zero-order valence-corrected chi connectivity index (χ0v) is 18.4. The van der Waals surface area contributed by atoms with Gasteiger partial charge in [0.15, 0.2) is 0 Å². The first-order chi connectivity index (χ1) is 14.6. The summed E-state index contributed by atoms with van der Waals surface area (Å²) in [6.07, 6.45) is 4.11. The maximum Gasteiger partial charge on any atom is 0.254 e. The van der Waals surface area contributed by atoms with Crippen molar-refractivity contribution >= 4 is 17.2 Å². The number of nitrogens with zero attached hydrogens (tertiary/aromatic N) is 4. The van der Waals surface area contributed by atoms with E-state index in [1.165, 1.54) is 5.69 Å². The second kappa shape index (κ2) is 7.67. The molecule has 1 fully saturated rings. The van der Waals surface area contributed by atoms with E-state index in [1.54, 1.807) is 11.3 Å². The van der Waals surface area contributed by atoms with Crippen molar-refractivity contribution in [3.8, 4) is 11.3 Å². The average molecular weight is 421 g/mol. The molecular weight excluding hydrogens is 392 g/mol. The number of hydrogen-bond acceptors (Lipinski definition) is 4. The monoisotopic (exact) mass is 420 g/mol. The Balaban J connectivity index is 1.55. The summed E-state index contributed by atoms with van der Waals surface area (Å²) in [6.45, 7) is 7.94. The molecule has 2 aliphatic rings. The molecule has 4 heterocycles. The number of amides is 1. The molecule has 1 amide bonds. The molecule has 1 aromatic carbocycles. The van der Waals surface area contributed by atoms with Gasteiger partial charge in [0, 0.05) is 43.2 Å². The topological polar surface area (TPSA) is 41.4 Å². The first-order valence-electron chi connectivity index (χ1n) is 10.7. The minimum Gasteiger partial charge on any atom is -0.336 e. The molecule has 0 radical (unpaired) electrons. The number of aromatic nitrogens is 2. The molecule has 0 aliphatic carbocycles. The molecule has 1 spiro atoms. The van der Waals surface area contributed by atoms with Gasteiger partial charge in [-0.15, -0.1) is 0 Å². The molecule has 2 aliphatic heterocycles. The van der Waals surface area contributed by atoms with Crippen LogP contribution in [0.3, 0.4) is 0 Å². The molecule has 0 saturated carbocycles. The Hall–Kier alpha value is -2.44. The highest BCUT2D eigenvalue weighted by Gasteiger charge is 2.45. The second-order valence-corrected chi connectivity index (χ2v) is 9.62. The van der Waals surface area contributed by atoms with Gasteiger partial charge >= 0.3 is 0 Å². The van der Waals surface area contributed by atoms with Gasteiger partial charge in [-0.1, -0.05) is 30.3 Å². The lowest BCUT2D eigenvalue weighted by atomic mass is 9.85. The van der Waals surface area contributed by atoms with Gasteiger partial charge in [0.1, 0.15) is 0 Å². The number of piperidine rings is 1. The van der Waals surface area contributed by atoms with Gasteiger partial charge in [-0.05, 0) is 38.1 Å². The Morgan fingerprint density at radius 2 is 2.00 bits per heavy atom. The van der Waals surface area contributed by atoms with E-state index in [1.807, 2.05) is 29.2 Å². The van der Waals surface area contributed by atoms with Gasteiger partial charge in [-0.2, -0.15) is 11.3 Å². The summed E-state index contributed by atoms with van der Waals surface area (Å²) in [5, 5.41) is 3.94. The Kier molecular flexibility index (Phi) is 4.99. The number of rotatable bonds is 3. The SMILES string of the molecule is CC(C)N1Cc2c(-c3ccccc3)ncn2[C@]2(CCCN(C(=O)c3ccsc3)C2)C1. The van der Waals surface area contributed by atoms with E-state index in [4.69, 9.17) is 4.98 Å². The van der Waals surface area contributed by atoms with E-state index in [0.717, 1.165) is 55.8 Å². The fraction of sp³-hybridized carbons (Fsp3) is 0.417. The zero-order valence-electron chi connectivity index (χ0n) is 17.6. The van der Waals surface area contributed by atoms with Crippen LogP contribution in [0.15, 0.2) is 53.5 Å². The van der Waals surface area contributed by atoms with Gasteiger partial charge in [0.05, 0.1) is 28.8 Å². The van der Waals surface area contributed by atoms with E-state index in [0.29, 0.717) is 6.04 Å². The lowest BCUT2D eigenvalue weighted by molar-refractivity contribution is 0.0179. The molecule has 30 heavy (non-hydrogen) atoms. The molecule has 3 aromatic rings. The molecule has 1 atom stereocenters. The highest BCUT2D eigenvalue weighted by molar-refractivity contribution is 7.08. The number of thiophene rings is 1. The summed E-state index contributed by atoms with van der Waals surface area (Å²) in [5.74, 6) is 0.155. The first kappa shape index (κ1) is 19.5. The van der Waals surface area contributed by atoms with Crippen LogP contribution in [0.1, 0.15) is 42.7 Å². The fourth-order valence-corrected chi connectivity index (χ4v) is 5.65. The molecule has 0 bridgehead atoms. The molecule has 5 rings (SSSR count). The number of likely N-dealkylation sites (tertiary alicyclic amines) is 1. The van der Waals surface area contributed by atoms with Crippen molar-refractivity contribution < 1.29 is 4.79 Å². The number of fused-ring (bicyclic) bond motifs is 2. The predicted octanol–water partition coefficient (Wildman–Crippen LogP) is 4.47. The largest absolute Gasteiger partial charge is 0.336 e. The van der Waals surface area contributed by atoms with Crippen LogP contribution in [-0.2, 0) is 12.1 Å². The Bertz CT molecular complexity index is 1030. The molecule has 1 saturated heterocycles. The second-order valence-electron chi connectivity index (χ2n) is 8.84. The third-order valence-corrected chi connectivity index (χ3v) is 7.30. The fourth-order valence-electron chi connectivity index (χ4n) is 5.02. The zero-order chi connectivity index (χ0) is 20.7. The lowest BCUT2D eigenvalue weighted by Gasteiger charge is -2.50. The van der Waals surface area contributed by atoms with Gasteiger partial charge < -0.3 is 9.47 Å². The summed E-state index contributed by atoms with van der Waals surface area (Å²) < 4.78 is 2.40. The molecule has 0 unspecified atom stereocenters. The van der Waals surface area contributed by atoms with Gasteiger partial charge in [0.2, 0.25) is 0 Å². The lowest BCUT2D eigenvalue weighted by Crippen LogP contribution is -2.60. The van der Waals surface area contributed by atoms with Crippen LogP contribution >= 0.6 is 11.3 Å². The standard InChI is InChI=1S/C24H28N4OS/c1-18(2)27-13-21-22(19-7-4-3-5-8-19)25-17-28(21)24(16-27)10-6-11-26(15-24)23(29)20-9-12-30-14-20/h3-5,7-9,12,14,17-18H,6,10-11,13,15-16H2,1-2H3/t24-/m0/s1. The molecule has 156 valence electrons. The van der Waals surface area contributed by atoms with Crippen molar-refractivity contribution in [2.45, 2.75) is 44.8 Å². The molecule has 0 N–H and O–H groups in total. The third kappa shape index (κ3) is 3.28. The van der Waals surface area contributed by atoms with E-state index in [-0.39, 0.29) is 11.4 Å². The average Bonchev–Trinajstić information content (AvgIpc) is 3.44. The Morgan fingerprint density at radius 3 is 2.73 bits per heavy atom. The minimum atomic E-state index is -0.123.